The van der Waals surface area contributed by atoms with Crippen molar-refractivity contribution < 1.29 is 22.9 Å². The number of nitrogens with zero attached hydrogens (tertiary/aromatic N) is 2. The molecule has 1 saturated heterocycles. The van der Waals surface area contributed by atoms with Gasteiger partial charge in [-0.25, -0.2) is 8.42 Å². The Morgan fingerprint density at radius 2 is 1.96 bits per heavy atom. The first kappa shape index (κ1) is 19.8. The third-order valence-corrected chi connectivity index (χ3v) is 6.47. The molecule has 3 rings (SSSR count). The van der Waals surface area contributed by atoms with Crippen molar-refractivity contribution >= 4 is 21.4 Å². The normalized spacial score (nSPS) is 17.8. The number of nitro benzene ring substituents is 1. The summed E-state index contributed by atoms with van der Waals surface area (Å²) in [4.78, 5) is 24.9. The van der Waals surface area contributed by atoms with Gasteiger partial charge in [-0.15, -0.1) is 0 Å². The number of non-ortho nitro benzene ring substituents is 1. The van der Waals surface area contributed by atoms with Gasteiger partial charge >= 0.3 is 0 Å². The van der Waals surface area contributed by atoms with E-state index >= 15 is 0 Å². The van der Waals surface area contributed by atoms with Crippen LogP contribution in [0.4, 0.5) is 5.69 Å². The average molecular weight is 404 g/mol. The van der Waals surface area contributed by atoms with Crippen LogP contribution >= 0.6 is 0 Å². The lowest BCUT2D eigenvalue weighted by molar-refractivity contribution is -0.384. The van der Waals surface area contributed by atoms with E-state index in [4.69, 9.17) is 4.74 Å². The summed E-state index contributed by atoms with van der Waals surface area (Å²) in [5.41, 5.74) is 0.969. The number of amides is 1. The highest BCUT2D eigenvalue weighted by Gasteiger charge is 2.35. The number of hydrogen-bond acceptors (Lipinski definition) is 6. The van der Waals surface area contributed by atoms with Crippen LogP contribution in [0.5, 0.6) is 5.75 Å². The molecule has 1 atom stereocenters. The van der Waals surface area contributed by atoms with E-state index in [1.54, 1.807) is 25.3 Å². The third kappa shape index (κ3) is 4.48. The van der Waals surface area contributed by atoms with Gasteiger partial charge in [-0.2, -0.15) is 0 Å². The van der Waals surface area contributed by atoms with Gasteiger partial charge in [-0.3, -0.25) is 14.9 Å². The summed E-state index contributed by atoms with van der Waals surface area (Å²) in [5, 5.41) is 10.8. The number of benzene rings is 2. The molecule has 2 aromatic rings. The number of carbonyl (C=O) groups excluding carboxylic acids is 1. The Bertz CT molecular complexity index is 988. The maximum Gasteiger partial charge on any atom is 0.269 e. The fraction of sp³-hybridized carbons (Fsp3) is 0.316. The Morgan fingerprint density at radius 1 is 1.25 bits per heavy atom. The van der Waals surface area contributed by atoms with Crippen LogP contribution in [0.3, 0.4) is 0 Å². The molecule has 1 amide bonds. The van der Waals surface area contributed by atoms with E-state index < -0.39 is 20.8 Å². The minimum absolute atomic E-state index is 0.0415. The molecule has 1 aliphatic heterocycles. The predicted molar refractivity (Wildman–Crippen MR) is 103 cm³/mol. The summed E-state index contributed by atoms with van der Waals surface area (Å²) in [6.45, 7) is 0.215. The first-order valence-corrected chi connectivity index (χ1v) is 10.5. The molecular weight excluding hydrogens is 384 g/mol. The van der Waals surface area contributed by atoms with Crippen molar-refractivity contribution in [3.8, 4) is 5.75 Å². The first-order chi connectivity index (χ1) is 13.3. The van der Waals surface area contributed by atoms with Crippen molar-refractivity contribution in [2.45, 2.75) is 19.0 Å². The Kier molecular flexibility index (Phi) is 5.64. The van der Waals surface area contributed by atoms with Gasteiger partial charge in [0, 0.05) is 30.3 Å². The van der Waals surface area contributed by atoms with Crippen molar-refractivity contribution in [1.82, 2.24) is 4.90 Å². The molecule has 0 saturated carbocycles. The maximum absolute atomic E-state index is 13.1. The summed E-state index contributed by atoms with van der Waals surface area (Å²) in [7, 11) is -1.64. The number of ether oxygens (including phenoxy) is 1. The molecule has 0 bridgehead atoms. The van der Waals surface area contributed by atoms with E-state index in [1.165, 1.54) is 29.2 Å². The second-order valence-electron chi connectivity index (χ2n) is 6.65. The highest BCUT2D eigenvalue weighted by atomic mass is 32.2. The van der Waals surface area contributed by atoms with Gasteiger partial charge in [-0.05, 0) is 36.2 Å². The molecule has 0 radical (unpaired) electrons. The van der Waals surface area contributed by atoms with E-state index in [0.717, 1.165) is 5.56 Å². The average Bonchev–Trinajstić information content (AvgIpc) is 3.05. The zero-order valence-electron chi connectivity index (χ0n) is 15.3. The second-order valence-corrected chi connectivity index (χ2v) is 8.87. The Hall–Kier alpha value is -2.94. The van der Waals surface area contributed by atoms with Crippen LogP contribution in [0, 0.1) is 10.1 Å². The molecule has 0 N–H and O–H groups in total. The highest BCUT2D eigenvalue weighted by molar-refractivity contribution is 7.91. The monoisotopic (exact) mass is 404 g/mol. The van der Waals surface area contributed by atoms with Crippen LogP contribution in [0.2, 0.25) is 0 Å². The van der Waals surface area contributed by atoms with Gasteiger partial charge in [-0.1, -0.05) is 12.1 Å². The van der Waals surface area contributed by atoms with Crippen LogP contribution < -0.4 is 4.74 Å². The van der Waals surface area contributed by atoms with Gasteiger partial charge in [0.2, 0.25) is 0 Å². The third-order valence-electron chi connectivity index (χ3n) is 4.72. The first-order valence-electron chi connectivity index (χ1n) is 8.68. The molecule has 28 heavy (non-hydrogen) atoms. The van der Waals surface area contributed by atoms with Gasteiger partial charge in [0.25, 0.3) is 11.6 Å². The fourth-order valence-electron chi connectivity index (χ4n) is 3.25. The van der Waals surface area contributed by atoms with Crippen molar-refractivity contribution in [3.63, 3.8) is 0 Å². The van der Waals surface area contributed by atoms with E-state index in [0.29, 0.717) is 12.2 Å². The van der Waals surface area contributed by atoms with E-state index in [1.807, 2.05) is 6.07 Å². The lowest BCUT2D eigenvalue weighted by Crippen LogP contribution is -2.40. The van der Waals surface area contributed by atoms with Crippen LogP contribution in [-0.2, 0) is 16.4 Å². The molecule has 0 aromatic heterocycles. The molecule has 9 heteroatoms. The minimum atomic E-state index is -3.19. The fourth-order valence-corrected chi connectivity index (χ4v) is 4.98. The van der Waals surface area contributed by atoms with Gasteiger partial charge in [0.15, 0.2) is 9.84 Å². The van der Waals surface area contributed by atoms with Crippen LogP contribution in [0.25, 0.3) is 0 Å². The molecule has 0 aliphatic carbocycles. The standard InChI is InChI=1S/C19H20N2O6S/c1-27-18-4-2-3-14(11-18)12-20(17-9-10-28(25,26)13-17)19(22)15-5-7-16(8-6-15)21(23)24/h2-8,11,17H,9-10,12-13H2,1H3/t17-/m0/s1. The van der Waals surface area contributed by atoms with Gasteiger partial charge < -0.3 is 9.64 Å². The summed E-state index contributed by atoms with van der Waals surface area (Å²) < 4.78 is 29.1. The molecule has 1 aliphatic rings. The molecule has 2 aromatic carbocycles. The van der Waals surface area contributed by atoms with Gasteiger partial charge in [0.05, 0.1) is 23.5 Å². The lowest BCUT2D eigenvalue weighted by Gasteiger charge is -2.28. The lowest BCUT2D eigenvalue weighted by atomic mass is 10.1. The molecule has 148 valence electrons. The molecule has 8 nitrogen and oxygen atoms in total. The zero-order valence-corrected chi connectivity index (χ0v) is 16.1. The topological polar surface area (TPSA) is 107 Å². The minimum Gasteiger partial charge on any atom is -0.497 e. The van der Waals surface area contributed by atoms with Crippen LogP contribution in [0.15, 0.2) is 48.5 Å². The molecular formula is C19H20N2O6S. The Balaban J connectivity index is 1.90. The summed E-state index contributed by atoms with van der Waals surface area (Å²) in [5.74, 6) is 0.231. The highest BCUT2D eigenvalue weighted by Crippen LogP contribution is 2.24. The van der Waals surface area contributed by atoms with E-state index in [-0.39, 0.29) is 35.2 Å². The number of nitro groups is 1. The van der Waals surface area contributed by atoms with E-state index in [9.17, 15) is 23.3 Å². The Morgan fingerprint density at radius 3 is 2.54 bits per heavy atom. The number of hydrogen-bond donors (Lipinski definition) is 0. The van der Waals surface area contributed by atoms with Gasteiger partial charge in [0.1, 0.15) is 5.75 Å². The number of methoxy groups -OCH3 is 1. The second kappa shape index (κ2) is 7.97. The smallest absolute Gasteiger partial charge is 0.269 e. The predicted octanol–water partition coefficient (Wildman–Crippen LogP) is 2.43. The van der Waals surface area contributed by atoms with Crippen molar-refractivity contribution in [1.29, 1.82) is 0 Å². The zero-order chi connectivity index (χ0) is 20.3. The molecule has 1 heterocycles. The van der Waals surface area contributed by atoms with Crippen LogP contribution in [-0.4, -0.2) is 48.8 Å². The maximum atomic E-state index is 13.1. The van der Waals surface area contributed by atoms with Crippen molar-refractivity contribution in [2.24, 2.45) is 0 Å². The number of rotatable bonds is 6. The number of sulfone groups is 1. The largest absolute Gasteiger partial charge is 0.497 e. The van der Waals surface area contributed by atoms with E-state index in [2.05, 4.69) is 0 Å². The molecule has 0 unspecified atom stereocenters. The van der Waals surface area contributed by atoms with Crippen molar-refractivity contribution in [2.75, 3.05) is 18.6 Å². The summed E-state index contributed by atoms with van der Waals surface area (Å²) >= 11 is 0. The summed E-state index contributed by atoms with van der Waals surface area (Å²) in [6.07, 6.45) is 0.366. The number of carbonyl (C=O) groups is 1. The molecule has 0 spiro atoms. The Labute approximate surface area is 162 Å². The quantitative estimate of drug-likeness (QED) is 0.541. The van der Waals surface area contributed by atoms with Crippen molar-refractivity contribution in [3.05, 3.63) is 69.8 Å². The SMILES string of the molecule is COc1cccc(CN(C(=O)c2ccc([N+](=O)[O-])cc2)[C@H]2CCS(=O)(=O)C2)c1. The molecule has 1 fully saturated rings. The van der Waals surface area contributed by atoms with Crippen LogP contribution in [0.1, 0.15) is 22.3 Å². The summed E-state index contributed by atoms with van der Waals surface area (Å²) in [6, 6.07) is 12.1.